The van der Waals surface area contributed by atoms with Crippen LogP contribution in [0.1, 0.15) is 10.7 Å². The fraction of sp³-hybridized carbons (Fsp3) is 0.471. The molecule has 6 heteroatoms. The monoisotopic (exact) mass is 333 g/mol. The van der Waals surface area contributed by atoms with Gasteiger partial charge in [0.2, 0.25) is 0 Å². The van der Waals surface area contributed by atoms with Crippen LogP contribution >= 0.6 is 11.3 Å². The zero-order valence-electron chi connectivity index (χ0n) is 13.4. The van der Waals surface area contributed by atoms with Crippen molar-refractivity contribution in [2.45, 2.75) is 19.3 Å². The summed E-state index contributed by atoms with van der Waals surface area (Å²) in [5.74, 6) is 0.876. The molecule has 0 spiro atoms. The van der Waals surface area contributed by atoms with E-state index in [9.17, 15) is 0 Å². The van der Waals surface area contributed by atoms with Crippen molar-refractivity contribution in [3.8, 4) is 5.75 Å². The quantitative estimate of drug-likeness (QED) is 0.841. The number of ether oxygens (including phenoxy) is 2. The Labute approximate surface area is 141 Å². The van der Waals surface area contributed by atoms with E-state index in [0.29, 0.717) is 6.61 Å². The van der Waals surface area contributed by atoms with Crippen molar-refractivity contribution in [3.63, 3.8) is 0 Å². The van der Waals surface area contributed by atoms with Crippen molar-refractivity contribution < 1.29 is 9.47 Å². The number of nitrogens with one attached hydrogen (secondary N) is 1. The Kier molecular flexibility index (Phi) is 5.99. The van der Waals surface area contributed by atoms with Gasteiger partial charge in [0.15, 0.2) is 0 Å². The first-order valence-electron chi connectivity index (χ1n) is 7.91. The summed E-state index contributed by atoms with van der Waals surface area (Å²) in [6.07, 6.45) is 0.272. The molecule has 1 aromatic carbocycles. The molecule has 3 rings (SSSR count). The van der Waals surface area contributed by atoms with Crippen LogP contribution in [0.4, 0.5) is 0 Å². The lowest BCUT2D eigenvalue weighted by Gasteiger charge is -2.30. The maximum absolute atomic E-state index is 5.74. The van der Waals surface area contributed by atoms with E-state index in [2.05, 4.69) is 27.6 Å². The molecule has 1 N–H and O–H groups in total. The summed E-state index contributed by atoms with van der Waals surface area (Å²) >= 11 is 1.64. The Morgan fingerprint density at radius 2 is 2.26 bits per heavy atom. The first kappa shape index (κ1) is 16.4. The third kappa shape index (κ3) is 5.28. The van der Waals surface area contributed by atoms with E-state index < -0.39 is 0 Å². The van der Waals surface area contributed by atoms with Crippen LogP contribution in [0.15, 0.2) is 35.7 Å². The van der Waals surface area contributed by atoms with Crippen LogP contribution < -0.4 is 10.1 Å². The molecule has 0 radical (unpaired) electrons. The highest BCUT2D eigenvalue weighted by Crippen LogP contribution is 2.15. The number of rotatable bonds is 7. The number of likely N-dealkylation sites (N-methyl/N-ethyl adjacent to an activating group) is 1. The molecule has 1 aromatic heterocycles. The van der Waals surface area contributed by atoms with Crippen molar-refractivity contribution in [2.75, 3.05) is 33.3 Å². The molecule has 0 aliphatic carbocycles. The van der Waals surface area contributed by atoms with Crippen LogP contribution in [0, 0.1) is 0 Å². The second kappa shape index (κ2) is 8.40. The number of benzene rings is 1. The molecule has 1 aliphatic heterocycles. The molecular formula is C17H23N3O2S. The molecule has 1 atom stereocenters. The average Bonchev–Trinajstić information content (AvgIpc) is 3.02. The summed E-state index contributed by atoms with van der Waals surface area (Å²) in [5, 5.41) is 6.52. The van der Waals surface area contributed by atoms with Gasteiger partial charge in [-0.2, -0.15) is 0 Å². The molecular weight excluding hydrogens is 310 g/mol. The highest BCUT2D eigenvalue weighted by molar-refractivity contribution is 7.09. The van der Waals surface area contributed by atoms with Gasteiger partial charge in [0.25, 0.3) is 0 Å². The van der Waals surface area contributed by atoms with Gasteiger partial charge < -0.3 is 19.7 Å². The fourth-order valence-electron chi connectivity index (χ4n) is 2.51. The number of thiazole rings is 1. The lowest BCUT2D eigenvalue weighted by molar-refractivity contribution is -0.0182. The van der Waals surface area contributed by atoms with Crippen molar-refractivity contribution in [1.29, 1.82) is 0 Å². The van der Waals surface area contributed by atoms with Crippen LogP contribution in [0.25, 0.3) is 0 Å². The molecule has 0 amide bonds. The zero-order valence-corrected chi connectivity index (χ0v) is 14.2. The highest BCUT2D eigenvalue weighted by Gasteiger charge is 2.17. The lowest BCUT2D eigenvalue weighted by Crippen LogP contribution is -2.44. The largest absolute Gasteiger partial charge is 0.486 e. The Hall–Kier alpha value is -1.47. The third-order valence-corrected chi connectivity index (χ3v) is 4.60. The zero-order chi connectivity index (χ0) is 15.9. The van der Waals surface area contributed by atoms with E-state index in [1.165, 1.54) is 0 Å². The topological polar surface area (TPSA) is 46.6 Å². The van der Waals surface area contributed by atoms with E-state index in [4.69, 9.17) is 9.47 Å². The van der Waals surface area contributed by atoms with Gasteiger partial charge in [-0.3, -0.25) is 0 Å². The van der Waals surface area contributed by atoms with Crippen LogP contribution in [0.2, 0.25) is 0 Å². The number of hydrogen-bond donors (Lipinski definition) is 1. The summed E-state index contributed by atoms with van der Waals surface area (Å²) in [5.41, 5.74) is 1.06. The highest BCUT2D eigenvalue weighted by atomic mass is 32.1. The summed E-state index contributed by atoms with van der Waals surface area (Å²) in [6.45, 7) is 4.97. The molecule has 2 heterocycles. The van der Waals surface area contributed by atoms with Crippen LogP contribution in [-0.2, 0) is 17.9 Å². The van der Waals surface area contributed by atoms with E-state index >= 15 is 0 Å². The van der Waals surface area contributed by atoms with Gasteiger partial charge in [-0.1, -0.05) is 18.2 Å². The van der Waals surface area contributed by atoms with E-state index in [0.717, 1.165) is 49.2 Å². The molecule has 1 aliphatic rings. The first-order chi connectivity index (χ1) is 11.3. The molecule has 0 saturated carbocycles. The molecule has 2 aromatic rings. The van der Waals surface area contributed by atoms with Gasteiger partial charge in [0.1, 0.15) is 17.4 Å². The van der Waals surface area contributed by atoms with Crippen molar-refractivity contribution in [2.24, 2.45) is 0 Å². The second-order valence-electron chi connectivity index (χ2n) is 5.72. The molecule has 124 valence electrons. The Balaban J connectivity index is 1.39. The first-order valence-corrected chi connectivity index (χ1v) is 8.79. The van der Waals surface area contributed by atoms with Crippen LogP contribution in [-0.4, -0.2) is 49.3 Å². The fourth-order valence-corrected chi connectivity index (χ4v) is 3.21. The lowest BCUT2D eigenvalue weighted by atomic mass is 10.3. The molecule has 0 bridgehead atoms. The van der Waals surface area contributed by atoms with E-state index in [-0.39, 0.29) is 6.10 Å². The molecule has 1 saturated heterocycles. The van der Waals surface area contributed by atoms with Gasteiger partial charge in [0, 0.05) is 31.6 Å². The van der Waals surface area contributed by atoms with Gasteiger partial charge in [0.05, 0.1) is 18.4 Å². The van der Waals surface area contributed by atoms with Crippen LogP contribution in [0.3, 0.4) is 0 Å². The van der Waals surface area contributed by atoms with Crippen molar-refractivity contribution in [3.05, 3.63) is 46.4 Å². The van der Waals surface area contributed by atoms with Crippen molar-refractivity contribution in [1.82, 2.24) is 15.2 Å². The minimum Gasteiger partial charge on any atom is -0.486 e. The number of para-hydroxylation sites is 1. The molecule has 23 heavy (non-hydrogen) atoms. The summed E-state index contributed by atoms with van der Waals surface area (Å²) in [4.78, 5) is 6.91. The number of aromatic nitrogens is 1. The van der Waals surface area contributed by atoms with Crippen LogP contribution in [0.5, 0.6) is 5.75 Å². The minimum atomic E-state index is 0.272. The molecule has 5 nitrogen and oxygen atoms in total. The molecule has 0 unspecified atom stereocenters. The number of morpholine rings is 1. The predicted octanol–water partition coefficient (Wildman–Crippen LogP) is 2.14. The van der Waals surface area contributed by atoms with Gasteiger partial charge in [-0.05, 0) is 19.2 Å². The minimum absolute atomic E-state index is 0.272. The standard InChI is InChI=1S/C17H23N3O2S/c1-20-7-8-21-16(11-20)10-18-9-14-13-23-17(19-14)12-22-15-5-3-2-4-6-15/h2-6,13,16,18H,7-12H2,1H3/t16-/m0/s1. The third-order valence-electron chi connectivity index (χ3n) is 3.72. The number of nitrogens with zero attached hydrogens (tertiary/aromatic N) is 2. The van der Waals surface area contributed by atoms with E-state index in [1.54, 1.807) is 11.3 Å². The Bertz CT molecular complexity index is 591. The average molecular weight is 333 g/mol. The molecule has 1 fully saturated rings. The Morgan fingerprint density at radius 1 is 1.39 bits per heavy atom. The number of hydrogen-bond acceptors (Lipinski definition) is 6. The SMILES string of the molecule is CN1CCO[C@@H](CNCc2csc(COc3ccccc3)n2)C1. The van der Waals surface area contributed by atoms with Crippen molar-refractivity contribution >= 4 is 11.3 Å². The summed E-state index contributed by atoms with van der Waals surface area (Å²) in [6, 6.07) is 9.83. The summed E-state index contributed by atoms with van der Waals surface area (Å²) in [7, 11) is 2.13. The predicted molar refractivity (Wildman–Crippen MR) is 91.8 cm³/mol. The second-order valence-corrected chi connectivity index (χ2v) is 6.66. The maximum atomic E-state index is 5.74. The van der Waals surface area contributed by atoms with Gasteiger partial charge in [-0.15, -0.1) is 11.3 Å². The Morgan fingerprint density at radius 3 is 3.09 bits per heavy atom. The summed E-state index contributed by atoms with van der Waals surface area (Å²) < 4.78 is 11.5. The smallest absolute Gasteiger partial charge is 0.140 e. The van der Waals surface area contributed by atoms with Gasteiger partial charge >= 0.3 is 0 Å². The maximum Gasteiger partial charge on any atom is 0.140 e. The van der Waals surface area contributed by atoms with Gasteiger partial charge in [-0.25, -0.2) is 4.98 Å². The van der Waals surface area contributed by atoms with E-state index in [1.807, 2.05) is 30.3 Å². The normalized spacial score (nSPS) is 18.9.